The van der Waals surface area contributed by atoms with Crippen LogP contribution in [0.15, 0.2) is 42.7 Å². The molecule has 1 heterocycles. The maximum atomic E-state index is 12.1. The number of hydrogen-bond donors (Lipinski definition) is 1. The van der Waals surface area contributed by atoms with E-state index < -0.39 is 0 Å². The van der Waals surface area contributed by atoms with Crippen LogP contribution in [0.2, 0.25) is 0 Å². The molecule has 1 N–H and O–H groups in total. The quantitative estimate of drug-likeness (QED) is 0.799. The van der Waals surface area contributed by atoms with Gasteiger partial charge in [-0.25, -0.2) is 0 Å². The second-order valence-corrected chi connectivity index (χ2v) is 4.72. The average molecular weight is 300 g/mol. The van der Waals surface area contributed by atoms with E-state index in [1.165, 1.54) is 0 Å². The summed E-state index contributed by atoms with van der Waals surface area (Å²) in [7, 11) is 0. The van der Waals surface area contributed by atoms with Crippen molar-refractivity contribution in [3.8, 4) is 11.5 Å². The molecule has 1 amide bonds. The van der Waals surface area contributed by atoms with Crippen molar-refractivity contribution in [1.29, 1.82) is 0 Å². The van der Waals surface area contributed by atoms with Crippen LogP contribution in [0.5, 0.6) is 11.5 Å². The van der Waals surface area contributed by atoms with Gasteiger partial charge in [0.2, 0.25) is 0 Å². The molecule has 2 rings (SSSR count). The van der Waals surface area contributed by atoms with E-state index in [1.807, 2.05) is 19.9 Å². The van der Waals surface area contributed by atoms with Crippen molar-refractivity contribution >= 4 is 5.91 Å². The van der Waals surface area contributed by atoms with Gasteiger partial charge < -0.3 is 14.8 Å². The molecule has 0 aliphatic rings. The first-order valence-corrected chi connectivity index (χ1v) is 7.25. The number of nitrogens with one attached hydrogen (secondary N) is 1. The first-order chi connectivity index (χ1) is 10.7. The summed E-state index contributed by atoms with van der Waals surface area (Å²) in [5.74, 6) is 1.20. The summed E-state index contributed by atoms with van der Waals surface area (Å²) in [5.41, 5.74) is 1.52. The Balaban J connectivity index is 2.04. The molecule has 5 nitrogen and oxygen atoms in total. The number of carbonyl (C=O) groups excluding carboxylic acids is 1. The number of pyridine rings is 1. The Hall–Kier alpha value is -2.40. The fourth-order valence-electron chi connectivity index (χ4n) is 1.87. The molecule has 0 aliphatic carbocycles. The molecule has 0 aliphatic heterocycles. The lowest BCUT2D eigenvalue weighted by atomic mass is 10.1. The molecule has 0 bridgehead atoms. The number of hydrogen-bond acceptors (Lipinski definition) is 4. The van der Waals surface area contributed by atoms with Crippen LogP contribution in [-0.4, -0.2) is 30.6 Å². The van der Waals surface area contributed by atoms with Crippen molar-refractivity contribution < 1.29 is 14.3 Å². The lowest BCUT2D eigenvalue weighted by Gasteiger charge is -2.11. The van der Waals surface area contributed by atoms with Gasteiger partial charge in [-0.2, -0.15) is 0 Å². The SMILES string of the molecule is CCOCCNC(=O)c1ccc(C)c(Oc2ccncc2)c1. The number of nitrogens with zero attached hydrogens (tertiary/aromatic N) is 1. The van der Waals surface area contributed by atoms with Gasteiger partial charge in [-0.05, 0) is 43.7 Å². The molecule has 0 unspecified atom stereocenters. The molecular weight excluding hydrogens is 280 g/mol. The number of aromatic nitrogens is 1. The molecule has 0 saturated carbocycles. The monoisotopic (exact) mass is 300 g/mol. The molecule has 5 heteroatoms. The van der Waals surface area contributed by atoms with Crippen LogP contribution in [-0.2, 0) is 4.74 Å². The number of amides is 1. The average Bonchev–Trinajstić information content (AvgIpc) is 2.54. The summed E-state index contributed by atoms with van der Waals surface area (Å²) in [6.07, 6.45) is 3.32. The van der Waals surface area contributed by atoms with Crippen LogP contribution < -0.4 is 10.1 Å². The summed E-state index contributed by atoms with van der Waals surface area (Å²) >= 11 is 0. The predicted octanol–water partition coefficient (Wildman–Crippen LogP) is 2.95. The van der Waals surface area contributed by atoms with Gasteiger partial charge >= 0.3 is 0 Å². The van der Waals surface area contributed by atoms with Gasteiger partial charge in [-0.3, -0.25) is 9.78 Å². The van der Waals surface area contributed by atoms with E-state index in [-0.39, 0.29) is 5.91 Å². The van der Waals surface area contributed by atoms with E-state index in [9.17, 15) is 4.79 Å². The van der Waals surface area contributed by atoms with Crippen molar-refractivity contribution in [3.05, 3.63) is 53.9 Å². The van der Waals surface area contributed by atoms with E-state index in [0.29, 0.717) is 36.8 Å². The highest BCUT2D eigenvalue weighted by Gasteiger charge is 2.09. The summed E-state index contributed by atoms with van der Waals surface area (Å²) in [5, 5.41) is 2.81. The van der Waals surface area contributed by atoms with Crippen molar-refractivity contribution in [2.75, 3.05) is 19.8 Å². The Bertz CT molecular complexity index is 615. The topological polar surface area (TPSA) is 60.5 Å². The van der Waals surface area contributed by atoms with Gasteiger partial charge in [0.15, 0.2) is 0 Å². The Kier molecular flexibility index (Phi) is 5.91. The standard InChI is InChI=1S/C17H20N2O3/c1-3-21-11-10-19-17(20)14-5-4-13(2)16(12-14)22-15-6-8-18-9-7-15/h4-9,12H,3,10-11H2,1-2H3,(H,19,20). The Morgan fingerprint density at radius 2 is 2.00 bits per heavy atom. The van der Waals surface area contributed by atoms with E-state index >= 15 is 0 Å². The van der Waals surface area contributed by atoms with Crippen molar-refractivity contribution in [2.24, 2.45) is 0 Å². The molecule has 0 spiro atoms. The molecule has 0 saturated heterocycles. The zero-order chi connectivity index (χ0) is 15.8. The van der Waals surface area contributed by atoms with E-state index in [0.717, 1.165) is 5.56 Å². The zero-order valence-corrected chi connectivity index (χ0v) is 12.8. The van der Waals surface area contributed by atoms with E-state index in [4.69, 9.17) is 9.47 Å². The zero-order valence-electron chi connectivity index (χ0n) is 12.8. The molecule has 116 valence electrons. The number of benzene rings is 1. The Morgan fingerprint density at radius 3 is 2.73 bits per heavy atom. The van der Waals surface area contributed by atoms with Gasteiger partial charge in [0.25, 0.3) is 5.91 Å². The molecule has 0 fully saturated rings. The number of aryl methyl sites for hydroxylation is 1. The second kappa shape index (κ2) is 8.14. The molecule has 1 aromatic heterocycles. The first-order valence-electron chi connectivity index (χ1n) is 7.25. The number of ether oxygens (including phenoxy) is 2. The molecule has 0 radical (unpaired) electrons. The van der Waals surface area contributed by atoms with Gasteiger partial charge in [-0.1, -0.05) is 6.07 Å². The van der Waals surface area contributed by atoms with Gasteiger partial charge in [0.1, 0.15) is 11.5 Å². The summed E-state index contributed by atoms with van der Waals surface area (Å²) < 4.78 is 11.0. The number of rotatable bonds is 7. The normalized spacial score (nSPS) is 10.3. The third-order valence-corrected chi connectivity index (χ3v) is 3.06. The van der Waals surface area contributed by atoms with Gasteiger partial charge in [-0.15, -0.1) is 0 Å². The largest absolute Gasteiger partial charge is 0.457 e. The lowest BCUT2D eigenvalue weighted by Crippen LogP contribution is -2.27. The second-order valence-electron chi connectivity index (χ2n) is 4.72. The van der Waals surface area contributed by atoms with Crippen molar-refractivity contribution in [3.63, 3.8) is 0 Å². The smallest absolute Gasteiger partial charge is 0.251 e. The maximum Gasteiger partial charge on any atom is 0.251 e. The predicted molar refractivity (Wildman–Crippen MR) is 84.3 cm³/mol. The fraction of sp³-hybridized carbons (Fsp3) is 0.294. The minimum atomic E-state index is -0.140. The Morgan fingerprint density at radius 1 is 1.23 bits per heavy atom. The van der Waals surface area contributed by atoms with Crippen molar-refractivity contribution in [2.45, 2.75) is 13.8 Å². The lowest BCUT2D eigenvalue weighted by molar-refractivity contribution is 0.0922. The first kappa shape index (κ1) is 16.0. The maximum absolute atomic E-state index is 12.1. The van der Waals surface area contributed by atoms with Gasteiger partial charge in [0, 0.05) is 31.1 Å². The van der Waals surface area contributed by atoms with Crippen LogP contribution in [0.3, 0.4) is 0 Å². The van der Waals surface area contributed by atoms with Crippen LogP contribution in [0.25, 0.3) is 0 Å². The van der Waals surface area contributed by atoms with E-state index in [1.54, 1.807) is 36.7 Å². The van der Waals surface area contributed by atoms with Gasteiger partial charge in [0.05, 0.1) is 6.61 Å². The fourth-order valence-corrected chi connectivity index (χ4v) is 1.87. The third kappa shape index (κ3) is 4.56. The third-order valence-electron chi connectivity index (χ3n) is 3.06. The minimum absolute atomic E-state index is 0.140. The molecular formula is C17H20N2O3. The summed E-state index contributed by atoms with van der Waals surface area (Å²) in [4.78, 5) is 16.0. The summed E-state index contributed by atoms with van der Waals surface area (Å²) in [6, 6.07) is 8.94. The van der Waals surface area contributed by atoms with Crippen LogP contribution >= 0.6 is 0 Å². The highest BCUT2D eigenvalue weighted by Crippen LogP contribution is 2.25. The van der Waals surface area contributed by atoms with Crippen LogP contribution in [0, 0.1) is 6.92 Å². The number of carbonyl (C=O) groups is 1. The van der Waals surface area contributed by atoms with Crippen LogP contribution in [0.1, 0.15) is 22.8 Å². The highest BCUT2D eigenvalue weighted by molar-refractivity contribution is 5.94. The van der Waals surface area contributed by atoms with Crippen molar-refractivity contribution in [1.82, 2.24) is 10.3 Å². The molecule has 2 aromatic rings. The molecule has 0 atom stereocenters. The Labute approximate surface area is 130 Å². The van der Waals surface area contributed by atoms with E-state index in [2.05, 4.69) is 10.3 Å². The molecule has 22 heavy (non-hydrogen) atoms. The summed E-state index contributed by atoms with van der Waals surface area (Å²) in [6.45, 7) is 5.50. The van der Waals surface area contributed by atoms with Crippen LogP contribution in [0.4, 0.5) is 0 Å². The molecule has 1 aromatic carbocycles. The highest BCUT2D eigenvalue weighted by atomic mass is 16.5. The minimum Gasteiger partial charge on any atom is -0.457 e.